The summed E-state index contributed by atoms with van der Waals surface area (Å²) in [5.74, 6) is -5.14. The van der Waals surface area contributed by atoms with E-state index in [2.05, 4.69) is 5.32 Å². The van der Waals surface area contributed by atoms with E-state index in [4.69, 9.17) is 5.11 Å². The summed E-state index contributed by atoms with van der Waals surface area (Å²) in [7, 11) is 0. The van der Waals surface area contributed by atoms with Crippen molar-refractivity contribution in [3.63, 3.8) is 0 Å². The Morgan fingerprint density at radius 1 is 1.40 bits per heavy atom. The van der Waals surface area contributed by atoms with E-state index in [9.17, 15) is 18.4 Å². The van der Waals surface area contributed by atoms with Gasteiger partial charge in [-0.3, -0.25) is 9.59 Å². The molecule has 2 rings (SSSR count). The predicted molar refractivity (Wildman–Crippen MR) is 67.2 cm³/mol. The van der Waals surface area contributed by atoms with Gasteiger partial charge in [-0.2, -0.15) is 0 Å². The number of aryl methyl sites for hydroxylation is 1. The first kappa shape index (κ1) is 14.4. The van der Waals surface area contributed by atoms with E-state index in [0.29, 0.717) is 12.0 Å². The molecule has 1 heterocycles. The van der Waals surface area contributed by atoms with Crippen LogP contribution in [0.1, 0.15) is 30.4 Å². The monoisotopic (exact) mass is 283 g/mol. The first-order valence-electron chi connectivity index (χ1n) is 6.41. The molecule has 0 unspecified atom stereocenters. The molecule has 0 saturated carbocycles. The summed E-state index contributed by atoms with van der Waals surface area (Å²) in [6.45, 7) is 1.65. The zero-order valence-corrected chi connectivity index (χ0v) is 11.0. The minimum absolute atomic E-state index is 0.118. The van der Waals surface area contributed by atoms with Gasteiger partial charge < -0.3 is 10.4 Å². The fourth-order valence-electron chi connectivity index (χ4n) is 2.54. The highest BCUT2D eigenvalue weighted by atomic mass is 19.1. The van der Waals surface area contributed by atoms with Gasteiger partial charge in [-0.15, -0.1) is 0 Å². The number of carbonyl (C=O) groups excluding carboxylic acids is 1. The number of hydrogen-bond donors (Lipinski definition) is 2. The van der Waals surface area contributed by atoms with Crippen LogP contribution < -0.4 is 5.32 Å². The number of carboxylic acid groups (broad SMARTS) is 1. The molecule has 2 N–H and O–H groups in total. The summed E-state index contributed by atoms with van der Waals surface area (Å²) in [4.78, 5) is 22.6. The van der Waals surface area contributed by atoms with E-state index in [0.717, 1.165) is 0 Å². The van der Waals surface area contributed by atoms with Gasteiger partial charge >= 0.3 is 5.97 Å². The van der Waals surface area contributed by atoms with Crippen LogP contribution in [-0.4, -0.2) is 23.5 Å². The molecule has 1 aliphatic rings. The molecule has 2 atom stereocenters. The Balaban J connectivity index is 2.46. The molecule has 108 valence electrons. The lowest BCUT2D eigenvalue weighted by Gasteiger charge is -2.29. The molecule has 0 aliphatic carbocycles. The number of carboxylic acids is 1. The lowest BCUT2D eigenvalue weighted by Crippen LogP contribution is -2.43. The Kier molecular flexibility index (Phi) is 4.01. The van der Waals surface area contributed by atoms with Crippen LogP contribution in [0.3, 0.4) is 0 Å². The van der Waals surface area contributed by atoms with E-state index in [1.54, 1.807) is 6.92 Å². The fourth-order valence-corrected chi connectivity index (χ4v) is 2.54. The first-order chi connectivity index (χ1) is 9.43. The van der Waals surface area contributed by atoms with Gasteiger partial charge in [-0.1, -0.05) is 6.92 Å². The van der Waals surface area contributed by atoms with Crippen molar-refractivity contribution in [2.45, 2.75) is 25.7 Å². The van der Waals surface area contributed by atoms with E-state index in [-0.39, 0.29) is 18.5 Å². The van der Waals surface area contributed by atoms with Gasteiger partial charge in [0.05, 0.1) is 5.92 Å². The summed E-state index contributed by atoms with van der Waals surface area (Å²) >= 11 is 0. The smallest absolute Gasteiger partial charge is 0.308 e. The van der Waals surface area contributed by atoms with E-state index in [1.807, 2.05) is 0 Å². The molecule has 20 heavy (non-hydrogen) atoms. The summed E-state index contributed by atoms with van der Waals surface area (Å²) in [5.41, 5.74) is 0.195. The van der Waals surface area contributed by atoms with Gasteiger partial charge in [-0.25, -0.2) is 8.78 Å². The normalized spacial score (nSPS) is 22.4. The third kappa shape index (κ3) is 2.64. The number of aliphatic carboxylic acids is 1. The minimum Gasteiger partial charge on any atom is -0.481 e. The Labute approximate surface area is 114 Å². The van der Waals surface area contributed by atoms with Gasteiger partial charge in [0.1, 0.15) is 11.6 Å². The second-order valence-electron chi connectivity index (χ2n) is 4.89. The van der Waals surface area contributed by atoms with Crippen LogP contribution in [0.2, 0.25) is 0 Å². The second kappa shape index (κ2) is 5.56. The molecule has 1 saturated heterocycles. The molecule has 4 nitrogen and oxygen atoms in total. The summed E-state index contributed by atoms with van der Waals surface area (Å²) < 4.78 is 28.2. The Bertz CT molecular complexity index is 536. The Hall–Kier alpha value is -1.98. The van der Waals surface area contributed by atoms with Crippen molar-refractivity contribution < 1.29 is 23.5 Å². The maximum Gasteiger partial charge on any atom is 0.308 e. The van der Waals surface area contributed by atoms with Crippen molar-refractivity contribution in [3.05, 3.63) is 34.9 Å². The summed E-state index contributed by atoms with van der Waals surface area (Å²) in [5, 5.41) is 11.6. The Morgan fingerprint density at radius 2 is 2.00 bits per heavy atom. The second-order valence-corrected chi connectivity index (χ2v) is 4.89. The molecule has 6 heteroatoms. The Morgan fingerprint density at radius 3 is 2.50 bits per heavy atom. The highest BCUT2D eigenvalue weighted by Gasteiger charge is 2.38. The van der Waals surface area contributed by atoms with E-state index >= 15 is 0 Å². The SMILES string of the molecule is CCc1cc(F)c([C@H]2CC(=O)NC[C@@H]2C(=O)O)c(F)c1. The quantitative estimate of drug-likeness (QED) is 0.889. The van der Waals surface area contributed by atoms with Crippen LogP contribution in [0.5, 0.6) is 0 Å². The molecule has 1 fully saturated rings. The van der Waals surface area contributed by atoms with E-state index < -0.39 is 35.3 Å². The summed E-state index contributed by atoms with van der Waals surface area (Å²) in [6.07, 6.45) is 0.248. The van der Waals surface area contributed by atoms with Crippen molar-refractivity contribution in [2.24, 2.45) is 5.92 Å². The number of carbonyl (C=O) groups is 2. The van der Waals surface area contributed by atoms with Crippen LogP contribution in [0.4, 0.5) is 8.78 Å². The standard InChI is InChI=1S/C14H15F2NO3/c1-2-7-3-10(15)13(11(16)4-7)8-5-12(18)17-6-9(8)14(19)20/h3-4,8-9H,2,5-6H2,1H3,(H,17,18)(H,19,20)/t8-,9-/m0/s1. The number of hydrogen-bond acceptors (Lipinski definition) is 2. The van der Waals surface area contributed by atoms with Gasteiger partial charge in [0.15, 0.2) is 0 Å². The van der Waals surface area contributed by atoms with Crippen LogP contribution in [0.15, 0.2) is 12.1 Å². The van der Waals surface area contributed by atoms with Gasteiger partial charge in [0.2, 0.25) is 5.91 Å². The van der Waals surface area contributed by atoms with Crippen LogP contribution in [0.25, 0.3) is 0 Å². The summed E-state index contributed by atoms with van der Waals surface area (Å²) in [6, 6.07) is 2.40. The number of piperidine rings is 1. The highest BCUT2D eigenvalue weighted by Crippen LogP contribution is 2.35. The van der Waals surface area contributed by atoms with Gasteiger partial charge in [0.25, 0.3) is 0 Å². The minimum atomic E-state index is -1.17. The van der Waals surface area contributed by atoms with Gasteiger partial charge in [0, 0.05) is 24.4 Å². The van der Waals surface area contributed by atoms with Crippen molar-refractivity contribution in [3.8, 4) is 0 Å². The molecule has 1 aromatic rings. The molecule has 0 aromatic heterocycles. The van der Waals surface area contributed by atoms with Gasteiger partial charge in [-0.05, 0) is 24.1 Å². The number of benzene rings is 1. The highest BCUT2D eigenvalue weighted by molar-refractivity contribution is 5.82. The average molecular weight is 283 g/mol. The first-order valence-corrected chi connectivity index (χ1v) is 6.41. The largest absolute Gasteiger partial charge is 0.481 e. The van der Waals surface area contributed by atoms with Crippen LogP contribution in [-0.2, 0) is 16.0 Å². The number of halogens is 2. The molecule has 1 aliphatic heterocycles. The molecule has 1 amide bonds. The molecule has 0 bridgehead atoms. The molecule has 1 aromatic carbocycles. The molecular weight excluding hydrogens is 268 g/mol. The predicted octanol–water partition coefficient (Wildman–Crippen LogP) is 1.83. The maximum absolute atomic E-state index is 14.1. The number of rotatable bonds is 3. The molecule has 0 radical (unpaired) electrons. The van der Waals surface area contributed by atoms with E-state index in [1.165, 1.54) is 12.1 Å². The van der Waals surface area contributed by atoms with Crippen LogP contribution in [0, 0.1) is 17.6 Å². The molecular formula is C14H15F2NO3. The van der Waals surface area contributed by atoms with Crippen molar-refractivity contribution in [2.75, 3.05) is 6.54 Å². The average Bonchev–Trinajstić information content (AvgIpc) is 2.37. The topological polar surface area (TPSA) is 66.4 Å². The third-order valence-corrected chi connectivity index (χ3v) is 3.65. The van der Waals surface area contributed by atoms with Crippen LogP contribution >= 0.6 is 0 Å². The number of nitrogens with one attached hydrogen (secondary N) is 1. The lowest BCUT2D eigenvalue weighted by molar-refractivity contribution is -0.144. The zero-order chi connectivity index (χ0) is 14.9. The molecule has 0 spiro atoms. The zero-order valence-electron chi connectivity index (χ0n) is 11.0. The third-order valence-electron chi connectivity index (χ3n) is 3.65. The maximum atomic E-state index is 14.1. The van der Waals surface area contributed by atoms with Crippen molar-refractivity contribution in [1.82, 2.24) is 5.32 Å². The lowest BCUT2D eigenvalue weighted by atomic mass is 9.80. The van der Waals surface area contributed by atoms with Crippen molar-refractivity contribution >= 4 is 11.9 Å². The van der Waals surface area contributed by atoms with Crippen molar-refractivity contribution in [1.29, 1.82) is 0 Å². The number of amides is 1. The fraction of sp³-hybridized carbons (Fsp3) is 0.429.